The van der Waals surface area contributed by atoms with E-state index in [1.165, 1.54) is 26.0 Å². The number of ether oxygens (including phenoxy) is 1. The third kappa shape index (κ3) is 7.50. The summed E-state index contributed by atoms with van der Waals surface area (Å²) in [6.07, 6.45) is -1.51. The molecule has 11 heteroatoms. The van der Waals surface area contributed by atoms with Crippen molar-refractivity contribution in [1.29, 1.82) is 0 Å². The van der Waals surface area contributed by atoms with Gasteiger partial charge in [0.1, 0.15) is 0 Å². The summed E-state index contributed by atoms with van der Waals surface area (Å²) in [7, 11) is -1.23. The first-order valence-corrected chi connectivity index (χ1v) is 11.0. The number of nitrogens with one attached hydrogen (secondary N) is 1. The fraction of sp³-hybridized carbons (Fsp3) is 0.524. The van der Waals surface area contributed by atoms with E-state index >= 15 is 0 Å². The van der Waals surface area contributed by atoms with Crippen molar-refractivity contribution in [3.63, 3.8) is 0 Å². The van der Waals surface area contributed by atoms with Crippen LogP contribution in [0.1, 0.15) is 50.9 Å². The van der Waals surface area contributed by atoms with Crippen molar-refractivity contribution in [2.75, 3.05) is 6.54 Å². The lowest BCUT2D eigenvalue weighted by atomic mass is 9.65. The third-order valence-electron chi connectivity index (χ3n) is 4.80. The van der Waals surface area contributed by atoms with E-state index in [2.05, 4.69) is 5.32 Å². The zero-order valence-electron chi connectivity index (χ0n) is 18.4. The van der Waals surface area contributed by atoms with Crippen LogP contribution in [0.3, 0.4) is 0 Å². The summed E-state index contributed by atoms with van der Waals surface area (Å²) in [6, 6.07) is 4.44. The van der Waals surface area contributed by atoms with Gasteiger partial charge in [-0.15, -0.1) is 0 Å². The lowest BCUT2D eigenvalue weighted by Crippen LogP contribution is -2.45. The van der Waals surface area contributed by atoms with Crippen LogP contribution >= 0.6 is 23.2 Å². The van der Waals surface area contributed by atoms with Crippen LogP contribution in [0, 0.1) is 5.92 Å². The first-order valence-electron chi connectivity index (χ1n) is 10.3. The predicted molar refractivity (Wildman–Crippen MR) is 120 cm³/mol. The number of carbonyl (C=O) groups excluding carboxylic acids is 4. The molecule has 0 saturated carbocycles. The van der Waals surface area contributed by atoms with Crippen molar-refractivity contribution in [2.24, 2.45) is 5.92 Å². The molecule has 1 heterocycles. The maximum absolute atomic E-state index is 12.6. The minimum absolute atomic E-state index is 0.0728. The molecule has 32 heavy (non-hydrogen) atoms. The molecule has 3 atom stereocenters. The molecule has 1 aromatic carbocycles. The van der Waals surface area contributed by atoms with E-state index in [0.717, 1.165) is 0 Å². The van der Waals surface area contributed by atoms with Crippen LogP contribution in [0.5, 0.6) is 0 Å². The molecule has 174 valence electrons. The van der Waals surface area contributed by atoms with Gasteiger partial charge in [-0.2, -0.15) is 0 Å². The number of hydrogen-bond acceptors (Lipinski definition) is 7. The van der Waals surface area contributed by atoms with E-state index in [-0.39, 0.29) is 35.3 Å². The molecule has 2 rings (SSSR count). The van der Waals surface area contributed by atoms with Crippen molar-refractivity contribution in [3.8, 4) is 0 Å². The van der Waals surface area contributed by atoms with Gasteiger partial charge in [-0.1, -0.05) is 37.0 Å². The summed E-state index contributed by atoms with van der Waals surface area (Å²) >= 11 is 11.9. The van der Waals surface area contributed by atoms with E-state index in [1.54, 1.807) is 6.07 Å². The Morgan fingerprint density at radius 3 is 2.25 bits per heavy atom. The monoisotopic (exact) mass is 485 g/mol. The van der Waals surface area contributed by atoms with E-state index in [0.29, 0.717) is 11.4 Å². The minimum Gasteiger partial charge on any atom is -0.497 e. The summed E-state index contributed by atoms with van der Waals surface area (Å²) < 4.78 is 15.9. The number of carbonyl (C=O) groups is 4. The second kappa shape index (κ2) is 11.7. The SMILES string of the molecule is CC(C)C[C@H](CC(=O)CNC(=O)c1cc(Cl)ccc1Cl)B1OC(=O)[C@H](C)O[C@@H](C)C(=O)O1. The van der Waals surface area contributed by atoms with Crippen LogP contribution in [0.25, 0.3) is 0 Å². The number of halogens is 2. The Bertz CT molecular complexity index is 858. The molecule has 1 fully saturated rings. The summed E-state index contributed by atoms with van der Waals surface area (Å²) in [5, 5.41) is 3.06. The van der Waals surface area contributed by atoms with Crippen LogP contribution in [-0.4, -0.2) is 49.5 Å². The molecule has 1 saturated heterocycles. The Kier molecular flexibility index (Phi) is 9.55. The quantitative estimate of drug-likeness (QED) is 0.561. The Morgan fingerprint density at radius 1 is 1.09 bits per heavy atom. The van der Waals surface area contributed by atoms with Gasteiger partial charge in [0.05, 0.1) is 17.1 Å². The molecule has 1 aromatic rings. The molecule has 0 radical (unpaired) electrons. The lowest BCUT2D eigenvalue weighted by Gasteiger charge is -2.29. The number of benzene rings is 1. The van der Waals surface area contributed by atoms with Crippen LogP contribution in [0.2, 0.25) is 15.9 Å². The molecule has 1 amide bonds. The largest absolute Gasteiger partial charge is 0.602 e. The fourth-order valence-corrected chi connectivity index (χ4v) is 3.64. The van der Waals surface area contributed by atoms with Gasteiger partial charge in [0.15, 0.2) is 18.0 Å². The van der Waals surface area contributed by atoms with Gasteiger partial charge in [-0.25, -0.2) is 0 Å². The summed E-state index contributed by atoms with van der Waals surface area (Å²) in [5.41, 5.74) is 0.150. The molecule has 0 bridgehead atoms. The molecule has 0 aromatic heterocycles. The number of rotatable bonds is 8. The molecule has 0 spiro atoms. The Labute approximate surface area is 197 Å². The van der Waals surface area contributed by atoms with Crippen LogP contribution in [0.15, 0.2) is 18.2 Å². The van der Waals surface area contributed by atoms with Crippen LogP contribution in [-0.2, 0) is 28.4 Å². The van der Waals surface area contributed by atoms with Crippen molar-refractivity contribution in [1.82, 2.24) is 5.32 Å². The van der Waals surface area contributed by atoms with Crippen molar-refractivity contribution >= 4 is 53.9 Å². The first-order chi connectivity index (χ1) is 15.0. The van der Waals surface area contributed by atoms with Crippen LogP contribution < -0.4 is 5.32 Å². The average Bonchev–Trinajstić information content (AvgIpc) is 2.71. The topological polar surface area (TPSA) is 108 Å². The summed E-state index contributed by atoms with van der Waals surface area (Å²) in [5.74, 6) is -2.69. The van der Waals surface area contributed by atoms with Gasteiger partial charge in [0.2, 0.25) is 0 Å². The van der Waals surface area contributed by atoms with Crippen LogP contribution in [0.4, 0.5) is 0 Å². The highest BCUT2D eigenvalue weighted by molar-refractivity contribution is 6.51. The highest BCUT2D eigenvalue weighted by Gasteiger charge is 2.43. The van der Waals surface area contributed by atoms with Crippen molar-refractivity contribution < 1.29 is 33.2 Å². The Hall–Kier alpha value is -2.10. The maximum Gasteiger partial charge on any atom is 0.602 e. The maximum atomic E-state index is 12.6. The number of amides is 1. The number of ketones is 1. The molecule has 1 aliphatic rings. The number of Topliss-reactive ketones (excluding diaryl/α,β-unsaturated/α-hetero) is 1. The predicted octanol–water partition coefficient (Wildman–Crippen LogP) is 3.48. The molecular weight excluding hydrogens is 460 g/mol. The van der Waals surface area contributed by atoms with E-state index < -0.39 is 43.0 Å². The Balaban J connectivity index is 2.07. The zero-order valence-corrected chi connectivity index (χ0v) is 19.9. The summed E-state index contributed by atoms with van der Waals surface area (Å²) in [4.78, 5) is 49.5. The highest BCUT2D eigenvalue weighted by atomic mass is 35.5. The second-order valence-corrected chi connectivity index (χ2v) is 8.95. The van der Waals surface area contributed by atoms with Gasteiger partial charge in [-0.05, 0) is 44.4 Å². The number of hydrogen-bond donors (Lipinski definition) is 1. The standard InChI is InChI=1S/C21H26BCl2NO7/c1-11(2)7-14(22-31-20(28)12(3)30-13(4)21(29)32-22)8-16(26)10-25-19(27)17-9-15(23)5-6-18(17)24/h5-6,9,11-14H,7-8,10H2,1-4H3,(H,25,27)/t12-,13-,14+/m0/s1. The normalized spacial score (nSPS) is 20.2. The van der Waals surface area contributed by atoms with Gasteiger partial charge in [0, 0.05) is 17.3 Å². The van der Waals surface area contributed by atoms with E-state index in [9.17, 15) is 19.2 Å². The van der Waals surface area contributed by atoms with Gasteiger partial charge in [-0.3, -0.25) is 19.2 Å². The van der Waals surface area contributed by atoms with Gasteiger partial charge < -0.3 is 19.4 Å². The lowest BCUT2D eigenvalue weighted by molar-refractivity contribution is -0.167. The third-order valence-corrected chi connectivity index (χ3v) is 5.37. The van der Waals surface area contributed by atoms with E-state index in [1.807, 2.05) is 13.8 Å². The Morgan fingerprint density at radius 2 is 1.69 bits per heavy atom. The molecule has 0 unspecified atom stereocenters. The first kappa shape index (κ1) is 26.2. The minimum atomic E-state index is -1.23. The second-order valence-electron chi connectivity index (χ2n) is 8.10. The summed E-state index contributed by atoms with van der Waals surface area (Å²) in [6.45, 7) is 6.55. The smallest absolute Gasteiger partial charge is 0.497 e. The molecule has 1 aliphatic heterocycles. The van der Waals surface area contributed by atoms with Crippen molar-refractivity contribution in [2.45, 2.75) is 58.6 Å². The zero-order chi connectivity index (χ0) is 24.0. The fourth-order valence-electron chi connectivity index (χ4n) is 3.26. The van der Waals surface area contributed by atoms with E-state index in [4.69, 9.17) is 37.2 Å². The van der Waals surface area contributed by atoms with Gasteiger partial charge >= 0.3 is 19.1 Å². The molecule has 0 aliphatic carbocycles. The average molecular weight is 486 g/mol. The van der Waals surface area contributed by atoms with Crippen molar-refractivity contribution in [3.05, 3.63) is 33.8 Å². The highest BCUT2D eigenvalue weighted by Crippen LogP contribution is 2.28. The molecule has 8 nitrogen and oxygen atoms in total. The van der Waals surface area contributed by atoms with Gasteiger partial charge in [0.25, 0.3) is 5.91 Å². The molecule has 1 N–H and O–H groups in total. The molecular formula is C21H26BCl2NO7.